The zero-order valence-electron chi connectivity index (χ0n) is 13.4. The minimum absolute atomic E-state index is 0.00344. The van der Waals surface area contributed by atoms with E-state index in [0.717, 1.165) is 24.0 Å². The van der Waals surface area contributed by atoms with Crippen LogP contribution >= 0.6 is 0 Å². The molecule has 2 N–H and O–H groups in total. The third-order valence-corrected chi connectivity index (χ3v) is 4.59. The third-order valence-electron chi connectivity index (χ3n) is 4.59. The van der Waals surface area contributed by atoms with Crippen molar-refractivity contribution in [2.45, 2.75) is 30.7 Å². The van der Waals surface area contributed by atoms with Crippen molar-refractivity contribution in [2.75, 3.05) is 6.61 Å². The number of hydrogen-bond donors (Lipinski definition) is 2. The van der Waals surface area contributed by atoms with E-state index in [0.29, 0.717) is 12.0 Å². The van der Waals surface area contributed by atoms with E-state index in [-0.39, 0.29) is 24.0 Å². The molecule has 0 saturated heterocycles. The lowest BCUT2D eigenvalue weighted by Crippen LogP contribution is -2.29. The topological polar surface area (TPSA) is 73.1 Å². The molecule has 0 aromatic heterocycles. The molecule has 0 heterocycles. The fraction of sp³-hybridized carbons (Fsp3) is 0.300. The number of nitriles is 1. The van der Waals surface area contributed by atoms with Crippen LogP contribution in [0.5, 0.6) is 0 Å². The normalized spacial score (nSPS) is 16.0. The maximum atomic E-state index is 12.5. The minimum Gasteiger partial charge on any atom is -0.396 e. The van der Waals surface area contributed by atoms with Crippen molar-refractivity contribution >= 4 is 5.91 Å². The monoisotopic (exact) mass is 320 g/mol. The smallest absolute Gasteiger partial charge is 0.251 e. The molecule has 3 rings (SSSR count). The van der Waals surface area contributed by atoms with E-state index in [2.05, 4.69) is 11.4 Å². The first kappa shape index (κ1) is 16.2. The van der Waals surface area contributed by atoms with E-state index < -0.39 is 0 Å². The lowest BCUT2D eigenvalue weighted by molar-refractivity contribution is 0.0930. The number of amides is 1. The summed E-state index contributed by atoms with van der Waals surface area (Å²) in [5.74, 6) is -0.175. The molecule has 2 aromatic rings. The molecule has 0 spiro atoms. The molecule has 24 heavy (non-hydrogen) atoms. The molecule has 1 unspecified atom stereocenters. The van der Waals surface area contributed by atoms with E-state index in [9.17, 15) is 15.2 Å². The molecule has 122 valence electrons. The van der Waals surface area contributed by atoms with Crippen LogP contribution in [-0.2, 0) is 5.41 Å². The second-order valence-corrected chi connectivity index (χ2v) is 6.22. The van der Waals surface area contributed by atoms with Gasteiger partial charge in [0.05, 0.1) is 17.5 Å². The molecular formula is C20H20N2O2. The number of aliphatic hydroxyl groups is 1. The summed E-state index contributed by atoms with van der Waals surface area (Å²) in [6, 6.07) is 19.0. The average molecular weight is 320 g/mol. The molecule has 1 atom stereocenters. The summed E-state index contributed by atoms with van der Waals surface area (Å²) in [6.07, 6.45) is 2.24. The predicted molar refractivity (Wildman–Crippen MR) is 91.3 cm³/mol. The SMILES string of the molecule is N#CC1(c2ccc(C(=O)NC(CCO)c3ccccc3)cc2)CC1. The minimum atomic E-state index is -0.335. The Kier molecular flexibility index (Phi) is 4.64. The van der Waals surface area contributed by atoms with E-state index in [1.54, 1.807) is 12.1 Å². The lowest BCUT2D eigenvalue weighted by atomic mass is 9.96. The summed E-state index contributed by atoms with van der Waals surface area (Å²) >= 11 is 0. The molecule has 1 aliphatic carbocycles. The Morgan fingerprint density at radius 1 is 1.17 bits per heavy atom. The van der Waals surface area contributed by atoms with Crippen LogP contribution in [0, 0.1) is 11.3 Å². The Balaban J connectivity index is 1.72. The fourth-order valence-electron chi connectivity index (χ4n) is 2.91. The molecule has 4 nitrogen and oxygen atoms in total. The second-order valence-electron chi connectivity index (χ2n) is 6.22. The number of hydrogen-bond acceptors (Lipinski definition) is 3. The summed E-state index contributed by atoms with van der Waals surface area (Å²) in [5, 5.41) is 21.5. The summed E-state index contributed by atoms with van der Waals surface area (Å²) in [7, 11) is 0. The van der Waals surface area contributed by atoms with Crippen LogP contribution < -0.4 is 5.32 Å². The van der Waals surface area contributed by atoms with Gasteiger partial charge in [-0.3, -0.25) is 4.79 Å². The van der Waals surface area contributed by atoms with Gasteiger partial charge < -0.3 is 10.4 Å². The lowest BCUT2D eigenvalue weighted by Gasteiger charge is -2.18. The molecule has 0 aliphatic heterocycles. The maximum absolute atomic E-state index is 12.5. The van der Waals surface area contributed by atoms with Crippen LogP contribution in [0.25, 0.3) is 0 Å². The predicted octanol–water partition coefficient (Wildman–Crippen LogP) is 3.10. The summed E-state index contributed by atoms with van der Waals surface area (Å²) < 4.78 is 0. The molecule has 0 bridgehead atoms. The largest absolute Gasteiger partial charge is 0.396 e. The number of carbonyl (C=O) groups is 1. The summed E-state index contributed by atoms with van der Waals surface area (Å²) in [6.45, 7) is 0.00344. The van der Waals surface area contributed by atoms with Crippen LogP contribution in [0.3, 0.4) is 0 Å². The Bertz CT molecular complexity index is 743. The summed E-state index contributed by atoms with van der Waals surface area (Å²) in [4.78, 5) is 12.5. The van der Waals surface area contributed by atoms with Crippen LogP contribution in [-0.4, -0.2) is 17.6 Å². The first-order chi connectivity index (χ1) is 11.7. The molecule has 1 amide bonds. The second kappa shape index (κ2) is 6.86. The van der Waals surface area contributed by atoms with Gasteiger partial charge >= 0.3 is 0 Å². The van der Waals surface area contributed by atoms with Gasteiger partial charge in [-0.15, -0.1) is 0 Å². The fourth-order valence-corrected chi connectivity index (χ4v) is 2.91. The van der Waals surface area contributed by atoms with Crippen molar-refractivity contribution < 1.29 is 9.90 Å². The van der Waals surface area contributed by atoms with E-state index in [1.807, 2.05) is 42.5 Å². The van der Waals surface area contributed by atoms with Gasteiger partial charge in [-0.05, 0) is 42.5 Å². The highest BCUT2D eigenvalue weighted by Crippen LogP contribution is 2.47. The van der Waals surface area contributed by atoms with Gasteiger partial charge in [0.2, 0.25) is 0 Å². The number of rotatable bonds is 6. The van der Waals surface area contributed by atoms with E-state index in [4.69, 9.17) is 0 Å². The van der Waals surface area contributed by atoms with Gasteiger partial charge in [-0.1, -0.05) is 42.5 Å². The van der Waals surface area contributed by atoms with Crippen molar-refractivity contribution in [3.05, 3.63) is 71.3 Å². The standard InChI is InChI=1S/C20H20N2O2/c21-14-20(11-12-20)17-8-6-16(7-9-17)19(24)22-18(10-13-23)15-4-2-1-3-5-15/h1-9,18,23H,10-13H2,(H,22,24). The zero-order chi connectivity index (χ0) is 17.0. The highest BCUT2D eigenvalue weighted by molar-refractivity contribution is 5.94. The van der Waals surface area contributed by atoms with Gasteiger partial charge in [0, 0.05) is 12.2 Å². The van der Waals surface area contributed by atoms with Gasteiger partial charge in [0.1, 0.15) is 0 Å². The van der Waals surface area contributed by atoms with Gasteiger partial charge in [0.15, 0.2) is 0 Å². The van der Waals surface area contributed by atoms with Crippen LogP contribution in [0.4, 0.5) is 0 Å². The molecule has 1 aliphatic rings. The Hall–Kier alpha value is -2.64. The van der Waals surface area contributed by atoms with Crippen molar-refractivity contribution in [1.29, 1.82) is 5.26 Å². The molecular weight excluding hydrogens is 300 g/mol. The van der Waals surface area contributed by atoms with Crippen LogP contribution in [0.1, 0.15) is 46.8 Å². The van der Waals surface area contributed by atoms with Gasteiger partial charge in [0.25, 0.3) is 5.91 Å². The first-order valence-electron chi connectivity index (χ1n) is 8.17. The molecule has 0 radical (unpaired) electrons. The molecule has 4 heteroatoms. The number of nitrogens with one attached hydrogen (secondary N) is 1. The Morgan fingerprint density at radius 2 is 1.83 bits per heavy atom. The number of nitrogens with zero attached hydrogens (tertiary/aromatic N) is 1. The van der Waals surface area contributed by atoms with Crippen molar-refractivity contribution in [1.82, 2.24) is 5.32 Å². The van der Waals surface area contributed by atoms with Crippen LogP contribution in [0.15, 0.2) is 54.6 Å². The average Bonchev–Trinajstić information content (AvgIpc) is 3.43. The highest BCUT2D eigenvalue weighted by atomic mass is 16.3. The Labute approximate surface area is 141 Å². The number of benzene rings is 2. The first-order valence-corrected chi connectivity index (χ1v) is 8.17. The van der Waals surface area contributed by atoms with E-state index in [1.165, 1.54) is 0 Å². The number of carbonyl (C=O) groups excluding carboxylic acids is 1. The van der Waals surface area contributed by atoms with Crippen molar-refractivity contribution in [2.24, 2.45) is 0 Å². The quantitative estimate of drug-likeness (QED) is 0.859. The van der Waals surface area contributed by atoms with Gasteiger partial charge in [-0.25, -0.2) is 0 Å². The van der Waals surface area contributed by atoms with Crippen LogP contribution in [0.2, 0.25) is 0 Å². The van der Waals surface area contributed by atoms with E-state index >= 15 is 0 Å². The molecule has 1 saturated carbocycles. The van der Waals surface area contributed by atoms with Gasteiger partial charge in [-0.2, -0.15) is 5.26 Å². The number of aliphatic hydroxyl groups excluding tert-OH is 1. The highest BCUT2D eigenvalue weighted by Gasteiger charge is 2.44. The van der Waals surface area contributed by atoms with Crippen molar-refractivity contribution in [3.8, 4) is 6.07 Å². The van der Waals surface area contributed by atoms with Crippen molar-refractivity contribution in [3.63, 3.8) is 0 Å². The molecule has 2 aromatic carbocycles. The zero-order valence-corrected chi connectivity index (χ0v) is 13.4. The maximum Gasteiger partial charge on any atom is 0.251 e. The molecule has 1 fully saturated rings. The summed E-state index contributed by atoms with van der Waals surface area (Å²) in [5.41, 5.74) is 2.18. The third kappa shape index (κ3) is 3.32. The Morgan fingerprint density at radius 3 is 2.38 bits per heavy atom.